The van der Waals surface area contributed by atoms with E-state index in [2.05, 4.69) is 20.0 Å². The number of fused-ring (bicyclic) bond motifs is 1. The molecule has 0 radical (unpaired) electrons. The third-order valence-electron chi connectivity index (χ3n) is 4.07. The molecule has 2 atom stereocenters. The highest BCUT2D eigenvalue weighted by Crippen LogP contribution is 2.40. The van der Waals surface area contributed by atoms with Crippen molar-refractivity contribution in [2.24, 2.45) is 0 Å². The molecule has 1 aliphatic rings. The molecular formula is C19H21ClF3NO8. The van der Waals surface area contributed by atoms with Crippen LogP contribution in [0.2, 0.25) is 5.02 Å². The van der Waals surface area contributed by atoms with Crippen molar-refractivity contribution >= 4 is 29.8 Å². The minimum atomic E-state index is -4.90. The summed E-state index contributed by atoms with van der Waals surface area (Å²) in [7, 11) is 1.35. The molecule has 1 heterocycles. The molecule has 178 valence electrons. The highest BCUT2D eigenvalue weighted by molar-refractivity contribution is 6.30. The second-order valence-electron chi connectivity index (χ2n) is 6.58. The number of hydrogen-bond donors (Lipinski definition) is 1. The number of benzene rings is 1. The number of carbonyl (C=O) groups excluding carboxylic acids is 2. The van der Waals surface area contributed by atoms with Crippen LogP contribution in [0.5, 0.6) is 5.75 Å². The van der Waals surface area contributed by atoms with Crippen molar-refractivity contribution in [3.05, 3.63) is 33.9 Å². The van der Waals surface area contributed by atoms with Gasteiger partial charge in [0.05, 0.1) is 25.4 Å². The van der Waals surface area contributed by atoms with Crippen LogP contribution >= 0.6 is 11.6 Å². The van der Waals surface area contributed by atoms with Gasteiger partial charge < -0.3 is 18.9 Å². The molecule has 0 saturated heterocycles. The van der Waals surface area contributed by atoms with Gasteiger partial charge in [0.1, 0.15) is 5.75 Å². The molecule has 0 bridgehead atoms. The van der Waals surface area contributed by atoms with Crippen LogP contribution in [-0.4, -0.2) is 51.0 Å². The highest BCUT2D eigenvalue weighted by atomic mass is 35.5. The molecule has 0 aromatic heterocycles. The summed E-state index contributed by atoms with van der Waals surface area (Å²) >= 11 is 5.93. The molecule has 0 spiro atoms. The Morgan fingerprint density at radius 2 is 1.97 bits per heavy atom. The Labute approximate surface area is 186 Å². The van der Waals surface area contributed by atoms with E-state index >= 15 is 0 Å². The topological polar surface area (TPSA) is 102 Å². The first-order chi connectivity index (χ1) is 15.0. The van der Waals surface area contributed by atoms with E-state index in [1.165, 1.54) is 26.2 Å². The summed E-state index contributed by atoms with van der Waals surface area (Å²) in [5.74, 6) is -1.43. The number of aryl methyl sites for hydroxylation is 1. The highest BCUT2D eigenvalue weighted by Gasteiger charge is 2.49. The van der Waals surface area contributed by atoms with Gasteiger partial charge in [-0.05, 0) is 37.6 Å². The lowest BCUT2D eigenvalue weighted by atomic mass is 9.99. The molecule has 0 amide bonds. The lowest BCUT2D eigenvalue weighted by molar-refractivity contribution is -0.189. The maximum absolute atomic E-state index is 13.5. The van der Waals surface area contributed by atoms with Crippen molar-refractivity contribution in [3.63, 3.8) is 0 Å². The minimum absolute atomic E-state index is 0.0491. The first-order valence-corrected chi connectivity index (χ1v) is 9.56. The summed E-state index contributed by atoms with van der Waals surface area (Å²) in [5.41, 5.74) is 1.89. The number of hydrogen-bond acceptors (Lipinski definition) is 9. The van der Waals surface area contributed by atoms with E-state index in [9.17, 15) is 22.8 Å². The Morgan fingerprint density at radius 1 is 1.25 bits per heavy atom. The molecule has 1 aliphatic heterocycles. The van der Waals surface area contributed by atoms with Crippen LogP contribution in [-0.2, 0) is 28.7 Å². The van der Waals surface area contributed by atoms with E-state index in [-0.39, 0.29) is 35.5 Å². The van der Waals surface area contributed by atoms with Gasteiger partial charge in [-0.2, -0.15) is 13.2 Å². The standard InChI is InChI=1S/C19H21ClF3NO8/c1-10-6-13(20)7-12-8-14(16(19(21,22)23)31-15(10)12)17(25)29-9-30-18(26)28-5-4-11(2)32-24-27-3/h6-8,11,16,24H,4-5,9H2,1-3H3. The summed E-state index contributed by atoms with van der Waals surface area (Å²) in [4.78, 5) is 33.2. The Balaban J connectivity index is 1.94. The fourth-order valence-corrected chi connectivity index (χ4v) is 2.89. The number of halogens is 4. The maximum Gasteiger partial charge on any atom is 0.511 e. The van der Waals surface area contributed by atoms with Gasteiger partial charge in [-0.25, -0.2) is 9.59 Å². The molecule has 13 heteroatoms. The van der Waals surface area contributed by atoms with Crippen molar-refractivity contribution in [1.82, 2.24) is 5.64 Å². The van der Waals surface area contributed by atoms with Gasteiger partial charge in [0.2, 0.25) is 12.9 Å². The first-order valence-electron chi connectivity index (χ1n) is 9.18. The van der Waals surface area contributed by atoms with E-state index in [4.69, 9.17) is 25.9 Å². The number of ether oxygens (including phenoxy) is 4. The van der Waals surface area contributed by atoms with Gasteiger partial charge in [0, 0.05) is 17.0 Å². The molecule has 1 aromatic carbocycles. The van der Waals surface area contributed by atoms with Crippen LogP contribution in [0.25, 0.3) is 6.08 Å². The predicted molar refractivity (Wildman–Crippen MR) is 103 cm³/mol. The van der Waals surface area contributed by atoms with Crippen LogP contribution < -0.4 is 10.4 Å². The predicted octanol–water partition coefficient (Wildman–Crippen LogP) is 3.87. The van der Waals surface area contributed by atoms with Crippen LogP contribution in [0.15, 0.2) is 17.7 Å². The van der Waals surface area contributed by atoms with Crippen molar-refractivity contribution in [3.8, 4) is 5.75 Å². The van der Waals surface area contributed by atoms with Gasteiger partial charge in [-0.3, -0.25) is 9.68 Å². The molecule has 32 heavy (non-hydrogen) atoms. The zero-order valence-corrected chi connectivity index (χ0v) is 18.0. The van der Waals surface area contributed by atoms with E-state index < -0.39 is 36.8 Å². The number of carbonyl (C=O) groups is 2. The second kappa shape index (κ2) is 11.4. The summed E-state index contributed by atoms with van der Waals surface area (Å²) in [6.45, 7) is 2.14. The second-order valence-corrected chi connectivity index (χ2v) is 7.01. The third kappa shape index (κ3) is 7.26. The summed E-state index contributed by atoms with van der Waals surface area (Å²) in [6.07, 6.45) is -7.74. The van der Waals surface area contributed by atoms with E-state index in [0.717, 1.165) is 6.08 Å². The molecule has 1 N–H and O–H groups in total. The summed E-state index contributed by atoms with van der Waals surface area (Å²) in [5, 5.41) is 0.253. The normalized spacial score (nSPS) is 16.3. The molecule has 2 rings (SSSR count). The SMILES string of the molecule is CONOC(C)CCOC(=O)OCOC(=O)C1=Cc2cc(Cl)cc(C)c2OC1C(F)(F)F. The van der Waals surface area contributed by atoms with Gasteiger partial charge >= 0.3 is 18.3 Å². The number of esters is 1. The van der Waals surface area contributed by atoms with Crippen molar-refractivity contribution in [2.75, 3.05) is 20.5 Å². The van der Waals surface area contributed by atoms with E-state index in [0.29, 0.717) is 5.56 Å². The average Bonchev–Trinajstić information content (AvgIpc) is 2.70. The van der Waals surface area contributed by atoms with E-state index in [1.54, 1.807) is 6.92 Å². The van der Waals surface area contributed by atoms with Crippen LogP contribution in [0.1, 0.15) is 24.5 Å². The van der Waals surface area contributed by atoms with Crippen molar-refractivity contribution in [2.45, 2.75) is 38.7 Å². The summed E-state index contributed by atoms with van der Waals surface area (Å²) < 4.78 is 59.3. The van der Waals surface area contributed by atoms with Crippen LogP contribution in [0.4, 0.5) is 18.0 Å². The van der Waals surface area contributed by atoms with Crippen molar-refractivity contribution < 1.29 is 51.4 Å². The van der Waals surface area contributed by atoms with Gasteiger partial charge in [-0.1, -0.05) is 17.2 Å². The zero-order valence-electron chi connectivity index (χ0n) is 17.3. The van der Waals surface area contributed by atoms with Crippen molar-refractivity contribution in [1.29, 1.82) is 0 Å². The molecule has 0 aliphatic carbocycles. The lowest BCUT2D eigenvalue weighted by Crippen LogP contribution is -2.41. The molecule has 1 aromatic rings. The summed E-state index contributed by atoms with van der Waals surface area (Å²) in [6, 6.07) is 2.79. The van der Waals surface area contributed by atoms with E-state index in [1.807, 2.05) is 0 Å². The van der Waals surface area contributed by atoms with Crippen LogP contribution in [0, 0.1) is 6.92 Å². The fourth-order valence-electron chi connectivity index (χ4n) is 2.61. The Morgan fingerprint density at radius 3 is 2.62 bits per heavy atom. The lowest BCUT2D eigenvalue weighted by Gasteiger charge is -2.28. The van der Waals surface area contributed by atoms with Gasteiger partial charge in [-0.15, -0.1) is 0 Å². The Hall–Kier alpha value is -2.54. The molecular weight excluding hydrogens is 463 g/mol. The number of alkyl halides is 3. The molecule has 0 fully saturated rings. The van der Waals surface area contributed by atoms with Gasteiger partial charge in [0.25, 0.3) is 0 Å². The maximum atomic E-state index is 13.5. The smallest absolute Gasteiger partial charge is 0.475 e. The Kier molecular flexibility index (Phi) is 9.13. The largest absolute Gasteiger partial charge is 0.511 e. The fraction of sp³-hybridized carbons (Fsp3) is 0.474. The quantitative estimate of drug-likeness (QED) is 0.318. The molecule has 0 saturated carbocycles. The zero-order chi connectivity index (χ0) is 23.9. The average molecular weight is 484 g/mol. The monoisotopic (exact) mass is 483 g/mol. The number of rotatable bonds is 9. The van der Waals surface area contributed by atoms with Gasteiger partial charge in [0.15, 0.2) is 0 Å². The third-order valence-corrected chi connectivity index (χ3v) is 4.29. The Bertz CT molecular complexity index is 862. The minimum Gasteiger partial charge on any atom is -0.475 e. The number of nitrogens with one attached hydrogen (secondary N) is 1. The molecule has 2 unspecified atom stereocenters. The first kappa shape index (κ1) is 25.7. The molecule has 9 nitrogen and oxygen atoms in total. The van der Waals surface area contributed by atoms with Crippen LogP contribution in [0.3, 0.4) is 0 Å².